The van der Waals surface area contributed by atoms with Crippen LogP contribution in [0.4, 0.5) is 4.79 Å². The second kappa shape index (κ2) is 8.60. The number of ether oxygens (including phenoxy) is 2. The number of imide groups is 1. The Kier molecular flexibility index (Phi) is 6.14. The molecule has 30 heavy (non-hydrogen) atoms. The van der Waals surface area contributed by atoms with Crippen molar-refractivity contribution in [2.24, 2.45) is 0 Å². The van der Waals surface area contributed by atoms with Gasteiger partial charge in [0.25, 0.3) is 5.91 Å². The third-order valence-electron chi connectivity index (χ3n) is 5.13. The van der Waals surface area contributed by atoms with Gasteiger partial charge in [-0.3, -0.25) is 19.3 Å². The van der Waals surface area contributed by atoms with Crippen LogP contribution in [0.15, 0.2) is 18.2 Å². The topological polar surface area (TPSA) is 117 Å². The zero-order valence-corrected chi connectivity index (χ0v) is 17.3. The highest BCUT2D eigenvalue weighted by atomic mass is 16.6. The molecule has 1 atom stereocenters. The van der Waals surface area contributed by atoms with Gasteiger partial charge >= 0.3 is 6.03 Å². The van der Waals surface area contributed by atoms with E-state index >= 15 is 0 Å². The van der Waals surface area contributed by atoms with Crippen molar-refractivity contribution in [2.45, 2.75) is 26.3 Å². The molecule has 1 saturated heterocycles. The Morgan fingerprint density at radius 3 is 2.57 bits per heavy atom. The van der Waals surface area contributed by atoms with Crippen LogP contribution in [0.1, 0.15) is 26.3 Å². The summed E-state index contributed by atoms with van der Waals surface area (Å²) in [6.07, 6.45) is 0. The summed E-state index contributed by atoms with van der Waals surface area (Å²) < 4.78 is 11.1. The number of rotatable bonds is 7. The number of benzene rings is 1. The van der Waals surface area contributed by atoms with Crippen molar-refractivity contribution >= 4 is 23.8 Å². The monoisotopic (exact) mass is 418 g/mol. The van der Waals surface area contributed by atoms with Gasteiger partial charge in [-0.15, -0.1) is 0 Å². The molecule has 0 spiro atoms. The summed E-state index contributed by atoms with van der Waals surface area (Å²) in [7, 11) is 0. The van der Waals surface area contributed by atoms with Crippen LogP contribution in [-0.2, 0) is 19.9 Å². The minimum atomic E-state index is -1.34. The minimum Gasteiger partial charge on any atom is -0.486 e. The fraction of sp³-hybridized carbons (Fsp3) is 0.500. The van der Waals surface area contributed by atoms with Crippen molar-refractivity contribution < 1.29 is 28.7 Å². The third-order valence-corrected chi connectivity index (χ3v) is 5.13. The van der Waals surface area contributed by atoms with Gasteiger partial charge < -0.3 is 25.0 Å². The molecule has 1 aromatic carbocycles. The molecule has 3 rings (SSSR count). The predicted octanol–water partition coefficient (Wildman–Crippen LogP) is 0.209. The highest BCUT2D eigenvalue weighted by molar-refractivity contribution is 6.09. The van der Waals surface area contributed by atoms with Gasteiger partial charge in [-0.25, -0.2) is 4.79 Å². The van der Waals surface area contributed by atoms with Crippen LogP contribution in [0.5, 0.6) is 11.5 Å². The average Bonchev–Trinajstić information content (AvgIpc) is 2.95. The first kappa shape index (κ1) is 21.4. The Morgan fingerprint density at radius 2 is 1.90 bits per heavy atom. The standard InChI is InChI=1S/C20H26N4O6/c1-4-21-16(25)11-23(5-2)17(26)12-24-18(27)20(3,22-19(24)28)13-6-7-14-15(10-13)30-9-8-29-14/h6-7,10H,4-5,8-9,11-12H2,1-3H3,(H,21,25)(H,22,28)/t20-/m0/s1. The summed E-state index contributed by atoms with van der Waals surface area (Å²) in [6.45, 7) is 6.07. The van der Waals surface area contributed by atoms with E-state index in [1.54, 1.807) is 39.0 Å². The maximum Gasteiger partial charge on any atom is 0.325 e. The minimum absolute atomic E-state index is 0.133. The molecule has 1 aromatic rings. The molecular formula is C20H26N4O6. The van der Waals surface area contributed by atoms with E-state index in [0.29, 0.717) is 36.8 Å². The van der Waals surface area contributed by atoms with E-state index in [4.69, 9.17) is 9.47 Å². The molecule has 10 heteroatoms. The number of nitrogens with zero attached hydrogens (tertiary/aromatic N) is 2. The summed E-state index contributed by atoms with van der Waals surface area (Å²) in [6, 6.07) is 4.36. The fourth-order valence-corrected chi connectivity index (χ4v) is 3.43. The Morgan fingerprint density at radius 1 is 1.20 bits per heavy atom. The van der Waals surface area contributed by atoms with Gasteiger partial charge in [0.2, 0.25) is 11.8 Å². The largest absolute Gasteiger partial charge is 0.486 e. The number of nitrogens with one attached hydrogen (secondary N) is 2. The van der Waals surface area contributed by atoms with E-state index in [-0.39, 0.29) is 19.0 Å². The van der Waals surface area contributed by atoms with Gasteiger partial charge in [0.15, 0.2) is 11.5 Å². The number of amides is 5. The van der Waals surface area contributed by atoms with Gasteiger partial charge in [0.05, 0.1) is 6.54 Å². The average molecular weight is 418 g/mol. The molecular weight excluding hydrogens is 392 g/mol. The quantitative estimate of drug-likeness (QED) is 0.612. The molecule has 0 bridgehead atoms. The van der Waals surface area contributed by atoms with Crippen LogP contribution in [0.25, 0.3) is 0 Å². The van der Waals surface area contributed by atoms with E-state index in [2.05, 4.69) is 10.6 Å². The lowest BCUT2D eigenvalue weighted by Gasteiger charge is -2.26. The number of hydrogen-bond acceptors (Lipinski definition) is 6. The normalized spacial score (nSPS) is 20.0. The molecule has 0 saturated carbocycles. The van der Waals surface area contributed by atoms with E-state index in [1.165, 1.54) is 4.90 Å². The first-order valence-electron chi connectivity index (χ1n) is 9.88. The fourth-order valence-electron chi connectivity index (χ4n) is 3.43. The zero-order chi connectivity index (χ0) is 21.9. The molecule has 0 aromatic heterocycles. The smallest absolute Gasteiger partial charge is 0.325 e. The van der Waals surface area contributed by atoms with E-state index in [9.17, 15) is 19.2 Å². The maximum atomic E-state index is 13.1. The maximum absolute atomic E-state index is 13.1. The van der Waals surface area contributed by atoms with Crippen molar-refractivity contribution in [3.8, 4) is 11.5 Å². The lowest BCUT2D eigenvalue weighted by Crippen LogP contribution is -2.47. The molecule has 2 aliphatic heterocycles. The highest BCUT2D eigenvalue weighted by Gasteiger charge is 2.50. The molecule has 2 N–H and O–H groups in total. The Labute approximate surface area is 174 Å². The summed E-state index contributed by atoms with van der Waals surface area (Å²) >= 11 is 0. The number of likely N-dealkylation sites (N-methyl/N-ethyl adjacent to an activating group) is 2. The van der Waals surface area contributed by atoms with Crippen molar-refractivity contribution in [2.75, 3.05) is 39.4 Å². The first-order valence-corrected chi connectivity index (χ1v) is 9.88. The van der Waals surface area contributed by atoms with Crippen molar-refractivity contribution in [3.05, 3.63) is 23.8 Å². The summed E-state index contributed by atoms with van der Waals surface area (Å²) in [5.74, 6) is -0.270. The molecule has 0 aliphatic carbocycles. The molecule has 0 radical (unpaired) electrons. The lowest BCUT2D eigenvalue weighted by molar-refractivity contribution is -0.140. The van der Waals surface area contributed by atoms with Crippen LogP contribution in [0, 0.1) is 0 Å². The molecule has 5 amide bonds. The molecule has 2 aliphatic rings. The van der Waals surface area contributed by atoms with Crippen LogP contribution in [0.3, 0.4) is 0 Å². The summed E-state index contributed by atoms with van der Waals surface area (Å²) in [5.41, 5.74) is -0.821. The summed E-state index contributed by atoms with van der Waals surface area (Å²) in [4.78, 5) is 52.2. The van der Waals surface area contributed by atoms with E-state index < -0.39 is 29.9 Å². The number of urea groups is 1. The summed E-state index contributed by atoms with van der Waals surface area (Å²) in [5, 5.41) is 5.29. The van der Waals surface area contributed by atoms with Crippen molar-refractivity contribution in [1.82, 2.24) is 20.4 Å². The molecule has 0 unspecified atom stereocenters. The number of fused-ring (bicyclic) bond motifs is 1. The zero-order valence-electron chi connectivity index (χ0n) is 17.3. The van der Waals surface area contributed by atoms with Crippen LogP contribution in [-0.4, -0.2) is 72.9 Å². The van der Waals surface area contributed by atoms with Crippen LogP contribution >= 0.6 is 0 Å². The third kappa shape index (κ3) is 4.03. The van der Waals surface area contributed by atoms with Gasteiger partial charge in [-0.05, 0) is 38.5 Å². The van der Waals surface area contributed by atoms with Gasteiger partial charge in [-0.1, -0.05) is 6.07 Å². The number of carbonyl (C=O) groups excluding carboxylic acids is 4. The highest BCUT2D eigenvalue weighted by Crippen LogP contribution is 2.36. The molecule has 1 fully saturated rings. The number of hydrogen-bond donors (Lipinski definition) is 2. The second-order valence-electron chi connectivity index (χ2n) is 7.17. The Bertz CT molecular complexity index is 873. The molecule has 2 heterocycles. The van der Waals surface area contributed by atoms with Crippen molar-refractivity contribution in [3.63, 3.8) is 0 Å². The lowest BCUT2D eigenvalue weighted by atomic mass is 9.91. The molecule has 162 valence electrons. The Hall–Kier alpha value is -3.30. The van der Waals surface area contributed by atoms with Crippen molar-refractivity contribution in [1.29, 1.82) is 0 Å². The molecule has 10 nitrogen and oxygen atoms in total. The Balaban J connectivity index is 1.75. The van der Waals surface area contributed by atoms with Crippen LogP contribution < -0.4 is 20.1 Å². The second-order valence-corrected chi connectivity index (χ2v) is 7.17. The SMILES string of the molecule is CCNC(=O)CN(CC)C(=O)CN1C(=O)N[C@@](C)(c2ccc3c(c2)OCCO3)C1=O. The van der Waals surface area contributed by atoms with Crippen LogP contribution in [0.2, 0.25) is 0 Å². The predicted molar refractivity (Wildman–Crippen MR) is 106 cm³/mol. The first-order chi connectivity index (χ1) is 14.3. The number of carbonyl (C=O) groups is 4. The van der Waals surface area contributed by atoms with Gasteiger partial charge in [0, 0.05) is 13.1 Å². The van der Waals surface area contributed by atoms with E-state index in [0.717, 1.165) is 4.90 Å². The van der Waals surface area contributed by atoms with Gasteiger partial charge in [0.1, 0.15) is 25.3 Å². The van der Waals surface area contributed by atoms with Gasteiger partial charge in [-0.2, -0.15) is 0 Å². The van der Waals surface area contributed by atoms with E-state index in [1.807, 2.05) is 0 Å².